The molecule has 0 aliphatic carbocycles. The molecule has 0 aromatic heterocycles. The number of carbonyl (C=O) groups excluding carboxylic acids is 1. The lowest BCUT2D eigenvalue weighted by Gasteiger charge is -2.04. The largest absolute Gasteiger partial charge is 0.298 e. The number of benzene rings is 1. The van der Waals surface area contributed by atoms with Gasteiger partial charge in [-0.15, -0.1) is 0 Å². The van der Waals surface area contributed by atoms with E-state index in [1.165, 1.54) is 31.2 Å². The molecule has 0 amide bonds. The van der Waals surface area contributed by atoms with Gasteiger partial charge in [0.25, 0.3) is 5.69 Å². The second kappa shape index (κ2) is 4.33. The summed E-state index contributed by atoms with van der Waals surface area (Å²) in [6.45, 7) is 1.28. The van der Waals surface area contributed by atoms with Crippen molar-refractivity contribution in [2.24, 2.45) is 0 Å². The number of non-ortho nitro benzene ring substituents is 1. The summed E-state index contributed by atoms with van der Waals surface area (Å²) in [7, 11) is 0. The van der Waals surface area contributed by atoms with E-state index in [0.29, 0.717) is 5.56 Å². The van der Waals surface area contributed by atoms with Gasteiger partial charge in [-0.2, -0.15) is 5.26 Å². The first kappa shape index (κ1) is 10.9. The minimum atomic E-state index is -0.926. The molecule has 0 radical (unpaired) electrons. The Morgan fingerprint density at radius 1 is 1.60 bits per heavy atom. The van der Waals surface area contributed by atoms with Crippen LogP contribution in [-0.4, -0.2) is 10.7 Å². The predicted molar refractivity (Wildman–Crippen MR) is 52.1 cm³/mol. The van der Waals surface area contributed by atoms with Crippen LogP contribution in [0.2, 0.25) is 0 Å². The molecule has 0 bridgehead atoms. The van der Waals surface area contributed by atoms with E-state index >= 15 is 0 Å². The second-order valence-electron chi connectivity index (χ2n) is 3.02. The van der Waals surface area contributed by atoms with Crippen LogP contribution in [0.3, 0.4) is 0 Å². The summed E-state index contributed by atoms with van der Waals surface area (Å²) in [5.41, 5.74) is 0.244. The number of ketones is 1. The van der Waals surface area contributed by atoms with Crippen LogP contribution in [0.4, 0.5) is 5.69 Å². The number of hydrogen-bond donors (Lipinski definition) is 0. The molecule has 0 saturated heterocycles. The van der Waals surface area contributed by atoms with E-state index in [4.69, 9.17) is 5.26 Å². The number of rotatable bonds is 3. The monoisotopic (exact) mass is 204 g/mol. The van der Waals surface area contributed by atoms with Crippen LogP contribution in [0.1, 0.15) is 18.4 Å². The molecule has 5 heteroatoms. The molecule has 1 rings (SSSR count). The number of nitriles is 1. The average Bonchev–Trinajstić information content (AvgIpc) is 2.18. The van der Waals surface area contributed by atoms with Crippen molar-refractivity contribution < 1.29 is 9.72 Å². The summed E-state index contributed by atoms with van der Waals surface area (Å²) in [6, 6.07) is 7.36. The maximum atomic E-state index is 11.1. The first-order valence-electron chi connectivity index (χ1n) is 4.20. The fourth-order valence-corrected chi connectivity index (χ4v) is 1.22. The molecule has 0 aliphatic heterocycles. The Balaban J connectivity index is 3.15. The third-order valence-electron chi connectivity index (χ3n) is 1.95. The molecule has 76 valence electrons. The van der Waals surface area contributed by atoms with E-state index in [1.54, 1.807) is 0 Å². The summed E-state index contributed by atoms with van der Waals surface area (Å²) < 4.78 is 0. The van der Waals surface area contributed by atoms with Crippen molar-refractivity contribution >= 4 is 11.5 Å². The Hall–Kier alpha value is -2.22. The fourth-order valence-electron chi connectivity index (χ4n) is 1.22. The minimum absolute atomic E-state index is 0.117. The molecule has 0 N–H and O–H groups in total. The molecule has 0 saturated carbocycles. The zero-order valence-electron chi connectivity index (χ0n) is 8.01. The third-order valence-corrected chi connectivity index (χ3v) is 1.95. The summed E-state index contributed by atoms with van der Waals surface area (Å²) in [4.78, 5) is 21.0. The highest BCUT2D eigenvalue weighted by Gasteiger charge is 2.18. The average molecular weight is 204 g/mol. The van der Waals surface area contributed by atoms with Gasteiger partial charge in [-0.3, -0.25) is 14.9 Å². The first-order valence-corrected chi connectivity index (χ1v) is 4.20. The van der Waals surface area contributed by atoms with Crippen LogP contribution in [0.5, 0.6) is 0 Å². The number of nitro benzene ring substituents is 1. The molecule has 0 unspecified atom stereocenters. The van der Waals surface area contributed by atoms with Crippen molar-refractivity contribution in [2.45, 2.75) is 12.8 Å². The summed E-state index contributed by atoms with van der Waals surface area (Å²) in [6.07, 6.45) is 0. The van der Waals surface area contributed by atoms with Crippen molar-refractivity contribution in [3.8, 4) is 6.07 Å². The van der Waals surface area contributed by atoms with E-state index in [9.17, 15) is 14.9 Å². The molecular weight excluding hydrogens is 196 g/mol. The predicted octanol–water partition coefficient (Wildman–Crippen LogP) is 1.79. The maximum absolute atomic E-state index is 11.1. The van der Waals surface area contributed by atoms with Crippen molar-refractivity contribution in [3.05, 3.63) is 39.9 Å². The standard InChI is InChI=1S/C10H8N2O3/c1-7(13)10(6-11)8-3-2-4-9(5-8)12(14)15/h2-5,10H,1H3/t10-/m1/s1. The third kappa shape index (κ3) is 2.38. The van der Waals surface area contributed by atoms with E-state index < -0.39 is 10.8 Å². The quantitative estimate of drug-likeness (QED) is 0.555. The number of Topliss-reactive ketones (excluding diaryl/α,β-unsaturated/α-hetero) is 1. The number of nitro groups is 1. The molecule has 15 heavy (non-hydrogen) atoms. The topological polar surface area (TPSA) is 84.0 Å². The lowest BCUT2D eigenvalue weighted by Crippen LogP contribution is -2.06. The van der Waals surface area contributed by atoms with Gasteiger partial charge >= 0.3 is 0 Å². The van der Waals surface area contributed by atoms with Crippen LogP contribution in [-0.2, 0) is 4.79 Å². The number of nitrogens with zero attached hydrogens (tertiary/aromatic N) is 2. The Labute approximate surface area is 86.1 Å². The summed E-state index contributed by atoms with van der Waals surface area (Å²) >= 11 is 0. The van der Waals surface area contributed by atoms with Crippen LogP contribution >= 0.6 is 0 Å². The van der Waals surface area contributed by atoms with Crippen LogP contribution in [0, 0.1) is 21.4 Å². The van der Waals surface area contributed by atoms with E-state index in [-0.39, 0.29) is 11.5 Å². The molecular formula is C10H8N2O3. The Morgan fingerprint density at radius 2 is 2.27 bits per heavy atom. The molecule has 0 heterocycles. The maximum Gasteiger partial charge on any atom is 0.269 e. The zero-order chi connectivity index (χ0) is 11.4. The number of carbonyl (C=O) groups is 1. The van der Waals surface area contributed by atoms with Gasteiger partial charge in [-0.1, -0.05) is 12.1 Å². The molecule has 1 atom stereocenters. The van der Waals surface area contributed by atoms with Gasteiger partial charge in [0.2, 0.25) is 0 Å². The van der Waals surface area contributed by atoms with Gasteiger partial charge in [0.1, 0.15) is 5.92 Å². The van der Waals surface area contributed by atoms with Gasteiger partial charge in [0.05, 0.1) is 11.0 Å². The Bertz CT molecular complexity index is 448. The highest BCUT2D eigenvalue weighted by atomic mass is 16.6. The van der Waals surface area contributed by atoms with Crippen LogP contribution in [0.25, 0.3) is 0 Å². The van der Waals surface area contributed by atoms with Crippen molar-refractivity contribution in [1.29, 1.82) is 5.26 Å². The van der Waals surface area contributed by atoms with Crippen molar-refractivity contribution in [1.82, 2.24) is 0 Å². The van der Waals surface area contributed by atoms with Gasteiger partial charge in [0, 0.05) is 12.1 Å². The highest BCUT2D eigenvalue weighted by Crippen LogP contribution is 2.21. The van der Waals surface area contributed by atoms with Gasteiger partial charge in [-0.25, -0.2) is 0 Å². The molecule has 1 aromatic carbocycles. The fraction of sp³-hybridized carbons (Fsp3) is 0.200. The lowest BCUT2D eigenvalue weighted by molar-refractivity contribution is -0.384. The molecule has 0 fully saturated rings. The minimum Gasteiger partial charge on any atom is -0.298 e. The van der Waals surface area contributed by atoms with Crippen LogP contribution in [0.15, 0.2) is 24.3 Å². The SMILES string of the molecule is CC(=O)[C@@H](C#N)c1cccc([N+](=O)[O-])c1. The second-order valence-corrected chi connectivity index (χ2v) is 3.02. The Morgan fingerprint density at radius 3 is 2.73 bits per heavy atom. The number of hydrogen-bond acceptors (Lipinski definition) is 4. The van der Waals surface area contributed by atoms with E-state index in [2.05, 4.69) is 0 Å². The summed E-state index contributed by atoms with van der Waals surface area (Å²) in [5, 5.41) is 19.2. The lowest BCUT2D eigenvalue weighted by atomic mass is 9.97. The van der Waals surface area contributed by atoms with Crippen molar-refractivity contribution in [3.63, 3.8) is 0 Å². The van der Waals surface area contributed by atoms with Crippen LogP contribution < -0.4 is 0 Å². The molecule has 1 aromatic rings. The highest BCUT2D eigenvalue weighted by molar-refractivity contribution is 5.86. The first-order chi connectivity index (χ1) is 7.06. The van der Waals surface area contributed by atoms with Gasteiger partial charge in [-0.05, 0) is 12.5 Å². The normalized spacial score (nSPS) is 11.5. The zero-order valence-corrected chi connectivity index (χ0v) is 8.01. The van der Waals surface area contributed by atoms with E-state index in [1.807, 2.05) is 6.07 Å². The molecule has 5 nitrogen and oxygen atoms in total. The van der Waals surface area contributed by atoms with Gasteiger partial charge < -0.3 is 0 Å². The van der Waals surface area contributed by atoms with Gasteiger partial charge in [0.15, 0.2) is 5.78 Å². The summed E-state index contributed by atoms with van der Waals surface area (Å²) in [5.74, 6) is -1.25. The molecule has 0 aliphatic rings. The molecule has 0 spiro atoms. The van der Waals surface area contributed by atoms with Crippen molar-refractivity contribution in [2.75, 3.05) is 0 Å². The Kier molecular flexibility index (Phi) is 3.13. The van der Waals surface area contributed by atoms with E-state index in [0.717, 1.165) is 0 Å². The smallest absolute Gasteiger partial charge is 0.269 e.